The van der Waals surface area contributed by atoms with Crippen molar-refractivity contribution in [2.45, 2.75) is 19.4 Å². The Labute approximate surface area is 137 Å². The monoisotopic (exact) mass is 312 g/mol. The highest BCUT2D eigenvalue weighted by atomic mass is 16.5. The maximum atomic E-state index is 11.8. The summed E-state index contributed by atoms with van der Waals surface area (Å²) in [6, 6.07) is 18.1. The molecule has 2 rings (SSSR count). The lowest BCUT2D eigenvalue weighted by molar-refractivity contribution is -0.120. The number of carbonyl (C=O) groups is 1. The molecule has 0 radical (unpaired) electrons. The fraction of sp³-hybridized carbons (Fsp3) is 0.316. The summed E-state index contributed by atoms with van der Waals surface area (Å²) in [5.41, 5.74) is 2.39. The molecule has 0 unspecified atom stereocenters. The van der Waals surface area contributed by atoms with Gasteiger partial charge in [0, 0.05) is 6.54 Å². The van der Waals surface area contributed by atoms with E-state index in [9.17, 15) is 4.79 Å². The van der Waals surface area contributed by atoms with Gasteiger partial charge in [-0.15, -0.1) is 0 Å². The summed E-state index contributed by atoms with van der Waals surface area (Å²) in [6.07, 6.45) is 2.05. The number of aryl methyl sites for hydroxylation is 1. The van der Waals surface area contributed by atoms with Gasteiger partial charge in [-0.2, -0.15) is 0 Å². The van der Waals surface area contributed by atoms with Crippen LogP contribution in [-0.2, 0) is 17.8 Å². The molecule has 23 heavy (non-hydrogen) atoms. The largest absolute Gasteiger partial charge is 0.497 e. The van der Waals surface area contributed by atoms with Gasteiger partial charge in [0.05, 0.1) is 13.7 Å². The van der Waals surface area contributed by atoms with Gasteiger partial charge in [-0.25, -0.2) is 0 Å². The molecule has 0 bridgehead atoms. The van der Waals surface area contributed by atoms with Crippen LogP contribution in [0, 0.1) is 0 Å². The number of methoxy groups -OCH3 is 1. The molecule has 0 aliphatic rings. The molecule has 0 fully saturated rings. The second kappa shape index (κ2) is 9.64. The van der Waals surface area contributed by atoms with Gasteiger partial charge in [0.25, 0.3) is 0 Å². The van der Waals surface area contributed by atoms with Crippen LogP contribution >= 0.6 is 0 Å². The van der Waals surface area contributed by atoms with E-state index in [1.54, 1.807) is 7.11 Å². The lowest BCUT2D eigenvalue weighted by Gasteiger charge is -2.07. The number of amides is 1. The molecule has 0 saturated carbocycles. The summed E-state index contributed by atoms with van der Waals surface area (Å²) in [5.74, 6) is 0.834. The van der Waals surface area contributed by atoms with Gasteiger partial charge in [-0.3, -0.25) is 4.79 Å². The summed E-state index contributed by atoms with van der Waals surface area (Å²) in [6.45, 7) is 1.73. The normalized spacial score (nSPS) is 10.3. The first-order valence-electron chi connectivity index (χ1n) is 7.92. The molecular formula is C19H24N2O2. The minimum absolute atomic E-state index is 0.0144. The third-order valence-electron chi connectivity index (χ3n) is 3.60. The van der Waals surface area contributed by atoms with Crippen LogP contribution in [0.25, 0.3) is 0 Å². The van der Waals surface area contributed by atoms with E-state index >= 15 is 0 Å². The SMILES string of the molecule is COc1ccc(CNC(=O)CNCCCc2ccccc2)cc1. The van der Waals surface area contributed by atoms with Crippen molar-refractivity contribution < 1.29 is 9.53 Å². The first-order chi connectivity index (χ1) is 11.3. The minimum atomic E-state index is 0.0144. The zero-order valence-corrected chi connectivity index (χ0v) is 13.5. The highest BCUT2D eigenvalue weighted by Gasteiger charge is 2.01. The summed E-state index contributed by atoms with van der Waals surface area (Å²) in [7, 11) is 1.64. The maximum absolute atomic E-state index is 11.8. The first kappa shape index (κ1) is 17.0. The van der Waals surface area contributed by atoms with Gasteiger partial charge in [0.1, 0.15) is 5.75 Å². The molecule has 2 aromatic rings. The van der Waals surface area contributed by atoms with Crippen molar-refractivity contribution in [3.8, 4) is 5.75 Å². The molecule has 4 nitrogen and oxygen atoms in total. The smallest absolute Gasteiger partial charge is 0.234 e. The van der Waals surface area contributed by atoms with Crippen LogP contribution in [0.2, 0.25) is 0 Å². The van der Waals surface area contributed by atoms with E-state index in [1.165, 1.54) is 5.56 Å². The zero-order chi connectivity index (χ0) is 16.3. The second-order valence-electron chi connectivity index (χ2n) is 5.39. The number of rotatable bonds is 9. The Morgan fingerprint density at radius 1 is 1.00 bits per heavy atom. The molecule has 0 atom stereocenters. The van der Waals surface area contributed by atoms with E-state index in [0.29, 0.717) is 13.1 Å². The highest BCUT2D eigenvalue weighted by molar-refractivity contribution is 5.77. The van der Waals surface area contributed by atoms with E-state index in [2.05, 4.69) is 34.9 Å². The third kappa shape index (κ3) is 6.53. The zero-order valence-electron chi connectivity index (χ0n) is 13.5. The third-order valence-corrected chi connectivity index (χ3v) is 3.60. The molecule has 0 saturated heterocycles. The lowest BCUT2D eigenvalue weighted by atomic mass is 10.1. The second-order valence-corrected chi connectivity index (χ2v) is 5.39. The number of benzene rings is 2. The van der Waals surface area contributed by atoms with Gasteiger partial charge in [0.15, 0.2) is 0 Å². The Kier molecular flexibility index (Phi) is 7.14. The molecule has 0 spiro atoms. The fourth-order valence-electron chi connectivity index (χ4n) is 2.27. The van der Waals surface area contributed by atoms with E-state index in [1.807, 2.05) is 30.3 Å². The Morgan fingerprint density at radius 2 is 1.74 bits per heavy atom. The first-order valence-corrected chi connectivity index (χ1v) is 7.92. The fourth-order valence-corrected chi connectivity index (χ4v) is 2.27. The Balaban J connectivity index is 1.56. The lowest BCUT2D eigenvalue weighted by Crippen LogP contribution is -2.34. The maximum Gasteiger partial charge on any atom is 0.234 e. The quantitative estimate of drug-likeness (QED) is 0.700. The molecule has 0 aliphatic carbocycles. The van der Waals surface area contributed by atoms with E-state index in [0.717, 1.165) is 30.7 Å². The summed E-state index contributed by atoms with van der Waals surface area (Å²) >= 11 is 0. The molecule has 2 N–H and O–H groups in total. The van der Waals surface area contributed by atoms with Crippen LogP contribution in [0.5, 0.6) is 5.75 Å². The van der Waals surface area contributed by atoms with Crippen LogP contribution < -0.4 is 15.4 Å². The molecule has 122 valence electrons. The predicted molar refractivity (Wildman–Crippen MR) is 92.5 cm³/mol. The van der Waals surface area contributed by atoms with Crippen molar-refractivity contribution in [2.75, 3.05) is 20.2 Å². The van der Waals surface area contributed by atoms with E-state index in [4.69, 9.17) is 4.74 Å². The van der Waals surface area contributed by atoms with Crippen molar-refractivity contribution in [1.29, 1.82) is 0 Å². The van der Waals surface area contributed by atoms with Gasteiger partial charge in [-0.05, 0) is 42.6 Å². The van der Waals surface area contributed by atoms with Gasteiger partial charge in [-0.1, -0.05) is 42.5 Å². The van der Waals surface area contributed by atoms with E-state index in [-0.39, 0.29) is 5.91 Å². The Morgan fingerprint density at radius 3 is 2.43 bits per heavy atom. The molecular weight excluding hydrogens is 288 g/mol. The number of hydrogen-bond acceptors (Lipinski definition) is 3. The van der Waals surface area contributed by atoms with Crippen LogP contribution in [-0.4, -0.2) is 26.1 Å². The number of carbonyl (C=O) groups excluding carboxylic acids is 1. The van der Waals surface area contributed by atoms with Crippen molar-refractivity contribution in [1.82, 2.24) is 10.6 Å². The number of hydrogen-bond donors (Lipinski definition) is 2. The van der Waals surface area contributed by atoms with Gasteiger partial charge in [0.2, 0.25) is 5.91 Å². The Hall–Kier alpha value is -2.33. The highest BCUT2D eigenvalue weighted by Crippen LogP contribution is 2.10. The van der Waals surface area contributed by atoms with E-state index < -0.39 is 0 Å². The molecule has 4 heteroatoms. The van der Waals surface area contributed by atoms with Crippen LogP contribution in [0.4, 0.5) is 0 Å². The molecule has 1 amide bonds. The topological polar surface area (TPSA) is 50.4 Å². The summed E-state index contributed by atoms with van der Waals surface area (Å²) < 4.78 is 5.11. The Bertz CT molecular complexity index is 582. The predicted octanol–water partition coefficient (Wildman–Crippen LogP) is 2.53. The van der Waals surface area contributed by atoms with Crippen molar-refractivity contribution >= 4 is 5.91 Å². The van der Waals surface area contributed by atoms with Crippen LogP contribution in [0.1, 0.15) is 17.5 Å². The average Bonchev–Trinajstić information content (AvgIpc) is 2.61. The molecule has 2 aromatic carbocycles. The minimum Gasteiger partial charge on any atom is -0.497 e. The van der Waals surface area contributed by atoms with Crippen molar-refractivity contribution in [3.63, 3.8) is 0 Å². The van der Waals surface area contributed by atoms with Gasteiger partial charge < -0.3 is 15.4 Å². The summed E-state index contributed by atoms with van der Waals surface area (Å²) in [5, 5.41) is 6.08. The van der Waals surface area contributed by atoms with Gasteiger partial charge >= 0.3 is 0 Å². The van der Waals surface area contributed by atoms with Crippen LogP contribution in [0.15, 0.2) is 54.6 Å². The van der Waals surface area contributed by atoms with Crippen molar-refractivity contribution in [2.24, 2.45) is 0 Å². The van der Waals surface area contributed by atoms with Crippen LogP contribution in [0.3, 0.4) is 0 Å². The standard InChI is InChI=1S/C19H24N2O2/c1-23-18-11-9-17(10-12-18)14-21-19(22)15-20-13-5-8-16-6-3-2-4-7-16/h2-4,6-7,9-12,20H,5,8,13-15H2,1H3,(H,21,22). The molecule has 0 aliphatic heterocycles. The average molecular weight is 312 g/mol. The number of ether oxygens (including phenoxy) is 1. The molecule has 0 heterocycles. The molecule has 0 aromatic heterocycles. The number of nitrogens with one attached hydrogen (secondary N) is 2. The summed E-state index contributed by atoms with van der Waals surface area (Å²) in [4.78, 5) is 11.8. The van der Waals surface area contributed by atoms with Crippen molar-refractivity contribution in [3.05, 3.63) is 65.7 Å².